The molecule has 0 saturated carbocycles. The maximum absolute atomic E-state index is 10.4. The Kier molecular flexibility index (Phi) is 5.29. The van der Waals surface area contributed by atoms with Gasteiger partial charge >= 0.3 is 0 Å². The van der Waals surface area contributed by atoms with Crippen LogP contribution in [0.15, 0.2) is 21.1 Å². The lowest BCUT2D eigenvalue weighted by atomic mass is 10.0. The highest BCUT2D eigenvalue weighted by Crippen LogP contribution is 2.32. The maximum atomic E-state index is 10.4. The van der Waals surface area contributed by atoms with E-state index in [4.69, 9.17) is 5.73 Å². The molecule has 106 valence electrons. The summed E-state index contributed by atoms with van der Waals surface area (Å²) in [6, 6.07) is 4.36. The molecule has 1 aliphatic heterocycles. The molecule has 0 bridgehead atoms. The summed E-state index contributed by atoms with van der Waals surface area (Å²) in [5, 5.41) is 10.4. The van der Waals surface area contributed by atoms with Crippen LogP contribution in [0.2, 0.25) is 0 Å². The van der Waals surface area contributed by atoms with Crippen molar-refractivity contribution in [1.29, 1.82) is 0 Å². The summed E-state index contributed by atoms with van der Waals surface area (Å²) < 4.78 is 1.64. The average Bonchev–Trinajstić information content (AvgIpc) is 2.38. The molecule has 2 rings (SSSR count). The van der Waals surface area contributed by atoms with Crippen molar-refractivity contribution < 1.29 is 5.11 Å². The second-order valence-electron chi connectivity index (χ2n) is 5.25. The van der Waals surface area contributed by atoms with E-state index in [0.29, 0.717) is 18.3 Å². The maximum Gasteiger partial charge on any atom is 0.0917 e. The van der Waals surface area contributed by atoms with E-state index in [1.165, 1.54) is 19.3 Å². The van der Waals surface area contributed by atoms with E-state index in [1.807, 2.05) is 12.1 Å². The van der Waals surface area contributed by atoms with Crippen LogP contribution in [0.3, 0.4) is 0 Å². The van der Waals surface area contributed by atoms with Crippen LogP contribution in [0.5, 0.6) is 0 Å². The number of benzene rings is 1. The van der Waals surface area contributed by atoms with Gasteiger partial charge in [-0.05, 0) is 75.9 Å². The summed E-state index contributed by atoms with van der Waals surface area (Å²) >= 11 is 6.85. The molecule has 0 spiro atoms. The molecule has 1 aliphatic rings. The predicted molar refractivity (Wildman–Crippen MR) is 86.1 cm³/mol. The van der Waals surface area contributed by atoms with Gasteiger partial charge in [0.15, 0.2) is 0 Å². The number of halogens is 2. The number of nitrogen functional groups attached to an aromatic ring is 1. The Morgan fingerprint density at radius 2 is 2.00 bits per heavy atom. The minimum Gasteiger partial charge on any atom is -0.397 e. The molecule has 0 aromatic heterocycles. The van der Waals surface area contributed by atoms with Crippen LogP contribution in [0.4, 0.5) is 5.69 Å². The first-order valence-electron chi connectivity index (χ1n) is 6.65. The molecule has 1 aromatic carbocycles. The number of aliphatic hydroxyl groups is 1. The molecule has 0 aliphatic carbocycles. The van der Waals surface area contributed by atoms with E-state index < -0.39 is 6.10 Å². The Labute approximate surface area is 131 Å². The highest BCUT2D eigenvalue weighted by Gasteiger charge is 2.22. The number of likely N-dealkylation sites (tertiary alicyclic amines) is 1. The van der Waals surface area contributed by atoms with Crippen molar-refractivity contribution in [3.8, 4) is 0 Å². The lowest BCUT2D eigenvalue weighted by molar-refractivity contribution is 0.0732. The Hall–Kier alpha value is -0.100. The summed E-state index contributed by atoms with van der Waals surface area (Å²) in [4.78, 5) is 2.37. The largest absolute Gasteiger partial charge is 0.397 e. The van der Waals surface area contributed by atoms with Gasteiger partial charge in [-0.1, -0.05) is 6.42 Å². The highest BCUT2D eigenvalue weighted by atomic mass is 79.9. The Balaban J connectivity index is 2.09. The second kappa shape index (κ2) is 6.57. The zero-order valence-corrected chi connectivity index (χ0v) is 14.2. The predicted octanol–water partition coefficient (Wildman–Crippen LogP) is 3.70. The first-order valence-corrected chi connectivity index (χ1v) is 8.24. The molecule has 2 unspecified atom stereocenters. The minimum atomic E-state index is -0.478. The van der Waals surface area contributed by atoms with Gasteiger partial charge in [0.1, 0.15) is 0 Å². The van der Waals surface area contributed by atoms with Gasteiger partial charge in [-0.2, -0.15) is 0 Å². The number of hydrogen-bond donors (Lipinski definition) is 2. The number of anilines is 1. The smallest absolute Gasteiger partial charge is 0.0917 e. The van der Waals surface area contributed by atoms with Crippen LogP contribution in [-0.4, -0.2) is 29.1 Å². The fourth-order valence-corrected chi connectivity index (χ4v) is 3.77. The summed E-state index contributed by atoms with van der Waals surface area (Å²) in [5.74, 6) is 0. The van der Waals surface area contributed by atoms with Crippen LogP contribution in [0.25, 0.3) is 0 Å². The molecule has 0 radical (unpaired) electrons. The Morgan fingerprint density at radius 3 is 2.58 bits per heavy atom. The molecular formula is C14H20Br2N2O. The average molecular weight is 392 g/mol. The molecule has 2 atom stereocenters. The number of nitrogens with two attached hydrogens (primary N) is 1. The van der Waals surface area contributed by atoms with Crippen LogP contribution < -0.4 is 5.73 Å². The van der Waals surface area contributed by atoms with Gasteiger partial charge in [-0.15, -0.1) is 0 Å². The van der Waals surface area contributed by atoms with Crippen molar-refractivity contribution in [2.45, 2.75) is 38.3 Å². The summed E-state index contributed by atoms with van der Waals surface area (Å²) in [5.41, 5.74) is 7.43. The molecular weight excluding hydrogens is 372 g/mol. The first-order chi connectivity index (χ1) is 8.99. The van der Waals surface area contributed by atoms with Crippen molar-refractivity contribution in [2.75, 3.05) is 18.8 Å². The van der Waals surface area contributed by atoms with Gasteiger partial charge in [-0.25, -0.2) is 0 Å². The minimum absolute atomic E-state index is 0.478. The summed E-state index contributed by atoms with van der Waals surface area (Å²) in [7, 11) is 0. The third kappa shape index (κ3) is 3.72. The quantitative estimate of drug-likeness (QED) is 0.772. The lowest BCUT2D eigenvalue weighted by Gasteiger charge is -2.34. The molecule has 1 heterocycles. The number of hydrogen-bond acceptors (Lipinski definition) is 3. The van der Waals surface area contributed by atoms with E-state index in [1.54, 1.807) is 0 Å². The van der Waals surface area contributed by atoms with Gasteiger partial charge in [-0.3, -0.25) is 4.90 Å². The van der Waals surface area contributed by atoms with Crippen molar-refractivity contribution in [2.24, 2.45) is 0 Å². The van der Waals surface area contributed by atoms with E-state index in [0.717, 1.165) is 21.1 Å². The number of β-amino-alcohol motifs (C(OH)–C–C–N with tert-alkyl or cyclic N) is 1. The molecule has 0 amide bonds. The number of aliphatic hydroxyl groups excluding tert-OH is 1. The number of nitrogens with zero attached hydrogens (tertiary/aromatic N) is 1. The molecule has 1 saturated heterocycles. The summed E-state index contributed by atoms with van der Waals surface area (Å²) in [6.07, 6.45) is 3.27. The van der Waals surface area contributed by atoms with Crippen molar-refractivity contribution >= 4 is 37.5 Å². The van der Waals surface area contributed by atoms with Crippen LogP contribution >= 0.6 is 31.9 Å². The molecule has 5 heteroatoms. The zero-order chi connectivity index (χ0) is 14.0. The third-order valence-electron chi connectivity index (χ3n) is 3.83. The van der Waals surface area contributed by atoms with Gasteiger partial charge in [0, 0.05) is 21.5 Å². The molecule has 1 fully saturated rings. The molecule has 19 heavy (non-hydrogen) atoms. The Morgan fingerprint density at radius 1 is 1.37 bits per heavy atom. The van der Waals surface area contributed by atoms with E-state index >= 15 is 0 Å². The van der Waals surface area contributed by atoms with Crippen molar-refractivity contribution in [3.05, 3.63) is 26.6 Å². The molecule has 1 aromatic rings. The SMILES string of the molecule is CC1CCCCN1CC(O)c1cc(Br)c(N)c(Br)c1. The fourth-order valence-electron chi connectivity index (χ4n) is 2.55. The van der Waals surface area contributed by atoms with E-state index in [9.17, 15) is 5.11 Å². The molecule has 3 N–H and O–H groups in total. The third-order valence-corrected chi connectivity index (χ3v) is 5.15. The van der Waals surface area contributed by atoms with Gasteiger partial charge in [0.25, 0.3) is 0 Å². The second-order valence-corrected chi connectivity index (χ2v) is 6.96. The van der Waals surface area contributed by atoms with Crippen LogP contribution in [0.1, 0.15) is 37.9 Å². The van der Waals surface area contributed by atoms with Gasteiger partial charge in [0.05, 0.1) is 11.8 Å². The highest BCUT2D eigenvalue weighted by molar-refractivity contribution is 9.11. The van der Waals surface area contributed by atoms with Gasteiger partial charge < -0.3 is 10.8 Å². The monoisotopic (exact) mass is 390 g/mol. The molecule has 3 nitrogen and oxygen atoms in total. The van der Waals surface area contributed by atoms with Gasteiger partial charge in [0.2, 0.25) is 0 Å². The normalized spacial score (nSPS) is 22.4. The van der Waals surface area contributed by atoms with E-state index in [2.05, 4.69) is 43.7 Å². The number of piperidine rings is 1. The Bertz CT molecular complexity index is 430. The topological polar surface area (TPSA) is 49.5 Å². The standard InChI is InChI=1S/C14H20Br2N2O/c1-9-4-2-3-5-18(9)8-13(19)10-6-11(15)14(17)12(16)7-10/h6-7,9,13,19H,2-5,8,17H2,1H3. The van der Waals surface area contributed by atoms with E-state index in [-0.39, 0.29) is 0 Å². The first kappa shape index (κ1) is 15.3. The van der Waals surface area contributed by atoms with Crippen LogP contribution in [0, 0.1) is 0 Å². The number of rotatable bonds is 3. The fraction of sp³-hybridized carbons (Fsp3) is 0.571. The van der Waals surface area contributed by atoms with Crippen molar-refractivity contribution in [3.63, 3.8) is 0 Å². The zero-order valence-electron chi connectivity index (χ0n) is 11.1. The van der Waals surface area contributed by atoms with Crippen LogP contribution in [-0.2, 0) is 0 Å². The lowest BCUT2D eigenvalue weighted by Crippen LogP contribution is -2.40. The summed E-state index contributed by atoms with van der Waals surface area (Å²) in [6.45, 7) is 4.00. The van der Waals surface area contributed by atoms with Crippen molar-refractivity contribution in [1.82, 2.24) is 4.90 Å².